The summed E-state index contributed by atoms with van der Waals surface area (Å²) in [6, 6.07) is 7.53. The number of carbonyl (C=O) groups excluding carboxylic acids is 1. The largest absolute Gasteiger partial charge is 0.490 e. The minimum atomic E-state index is -0.255. The number of hydrogen-bond acceptors (Lipinski definition) is 4. The van der Waals surface area contributed by atoms with Crippen molar-refractivity contribution in [1.82, 2.24) is 9.78 Å². The van der Waals surface area contributed by atoms with Gasteiger partial charge in [-0.1, -0.05) is 29.8 Å². The quantitative estimate of drug-likeness (QED) is 0.487. The fraction of sp³-hybridized carbons (Fsp3) is 0.474. The van der Waals surface area contributed by atoms with Crippen LogP contribution < -0.4 is 4.74 Å². The van der Waals surface area contributed by atoms with Gasteiger partial charge in [0.1, 0.15) is 19.0 Å². The average molecular weight is 409 g/mol. The summed E-state index contributed by atoms with van der Waals surface area (Å²) in [6.07, 6.45) is 0.244. The lowest BCUT2D eigenvalue weighted by molar-refractivity contribution is -0.143. The fourth-order valence-corrected chi connectivity index (χ4v) is 2.82. The number of aryl methyl sites for hydroxylation is 1. The second kappa shape index (κ2) is 9.04. The molecule has 1 aromatic carbocycles. The molecule has 1 heterocycles. The van der Waals surface area contributed by atoms with Crippen LogP contribution in [0.5, 0.6) is 5.75 Å². The monoisotopic (exact) mass is 408 g/mol. The molecule has 0 aliphatic heterocycles. The normalized spacial score (nSPS) is 11.0. The first kappa shape index (κ1) is 19.5. The highest BCUT2D eigenvalue weighted by atomic mass is 79.9. The van der Waals surface area contributed by atoms with E-state index in [9.17, 15) is 4.79 Å². The Balaban J connectivity index is 1.80. The fourth-order valence-electron chi connectivity index (χ4n) is 2.55. The molecule has 0 spiro atoms. The Morgan fingerprint density at radius 1 is 1.20 bits per heavy atom. The van der Waals surface area contributed by atoms with Crippen LogP contribution in [0.4, 0.5) is 0 Å². The molecule has 1 aromatic heterocycles. The summed E-state index contributed by atoms with van der Waals surface area (Å²) in [6.45, 7) is 9.64. The minimum absolute atomic E-state index is 0.229. The third-order valence-electron chi connectivity index (χ3n) is 3.82. The lowest BCUT2D eigenvalue weighted by Crippen LogP contribution is -2.15. The number of aromatic nitrogens is 2. The number of ether oxygens (including phenoxy) is 2. The van der Waals surface area contributed by atoms with Crippen LogP contribution in [0.15, 0.2) is 28.7 Å². The number of rotatable bonds is 8. The first-order valence-corrected chi connectivity index (χ1v) is 9.23. The Kier molecular flexibility index (Phi) is 7.05. The van der Waals surface area contributed by atoms with Crippen LogP contribution in [0.1, 0.15) is 30.8 Å². The van der Waals surface area contributed by atoms with Gasteiger partial charge in [0.05, 0.1) is 12.1 Å². The maximum atomic E-state index is 12.1. The number of carbonyl (C=O) groups is 1. The second-order valence-electron chi connectivity index (χ2n) is 6.42. The highest BCUT2D eigenvalue weighted by Crippen LogP contribution is 2.17. The van der Waals surface area contributed by atoms with Crippen molar-refractivity contribution in [1.29, 1.82) is 0 Å². The molecule has 0 saturated carbocycles. The molecule has 0 atom stereocenters. The lowest BCUT2D eigenvalue weighted by atomic mass is 10.1. The minimum Gasteiger partial charge on any atom is -0.490 e. The van der Waals surface area contributed by atoms with E-state index in [2.05, 4.69) is 34.9 Å². The molecule has 2 aromatic rings. The molecular formula is C19H25BrN2O3. The second-order valence-corrected chi connectivity index (χ2v) is 7.34. The molecule has 0 amide bonds. The van der Waals surface area contributed by atoms with E-state index in [1.165, 1.54) is 0 Å². The van der Waals surface area contributed by atoms with Gasteiger partial charge in [0.25, 0.3) is 0 Å². The zero-order valence-corrected chi connectivity index (χ0v) is 16.8. The molecule has 136 valence electrons. The van der Waals surface area contributed by atoms with Gasteiger partial charge in [0, 0.05) is 22.3 Å². The summed E-state index contributed by atoms with van der Waals surface area (Å²) in [5.41, 5.74) is 2.88. The Morgan fingerprint density at radius 3 is 2.52 bits per heavy atom. The molecule has 0 saturated heterocycles. The molecule has 0 radical (unpaired) electrons. The summed E-state index contributed by atoms with van der Waals surface area (Å²) < 4.78 is 13.8. The maximum absolute atomic E-state index is 12.1. The van der Waals surface area contributed by atoms with Crippen LogP contribution in [0, 0.1) is 19.8 Å². The number of hydrogen-bond donors (Lipinski definition) is 0. The van der Waals surface area contributed by atoms with Crippen LogP contribution >= 0.6 is 15.9 Å². The number of nitrogens with zero attached hydrogens (tertiary/aromatic N) is 2. The van der Waals surface area contributed by atoms with Crippen LogP contribution in [-0.4, -0.2) is 29.0 Å². The molecular weight excluding hydrogens is 384 g/mol. The Bertz CT molecular complexity index is 708. The molecule has 0 aliphatic rings. The molecule has 0 aliphatic carbocycles. The van der Waals surface area contributed by atoms with Gasteiger partial charge >= 0.3 is 5.97 Å². The Morgan fingerprint density at radius 2 is 1.88 bits per heavy atom. The summed E-state index contributed by atoms with van der Waals surface area (Å²) >= 11 is 3.37. The summed E-state index contributed by atoms with van der Waals surface area (Å²) in [5.74, 6) is 1.00. The first-order valence-electron chi connectivity index (χ1n) is 8.43. The van der Waals surface area contributed by atoms with Crippen molar-refractivity contribution < 1.29 is 14.3 Å². The molecule has 25 heavy (non-hydrogen) atoms. The predicted molar refractivity (Wildman–Crippen MR) is 101 cm³/mol. The number of halogens is 1. The van der Waals surface area contributed by atoms with Gasteiger partial charge in [-0.25, -0.2) is 0 Å². The van der Waals surface area contributed by atoms with Crippen molar-refractivity contribution in [2.24, 2.45) is 5.92 Å². The first-order chi connectivity index (χ1) is 11.9. The highest BCUT2D eigenvalue weighted by molar-refractivity contribution is 9.10. The van der Waals surface area contributed by atoms with Gasteiger partial charge in [-0.05, 0) is 44.0 Å². The standard InChI is InChI=1S/C19H25BrN2O3/c1-13(2)12-22-15(4)18(14(3)21-22)11-19(23)25-10-9-24-17-7-5-16(20)6-8-17/h5-8,13H,9-12H2,1-4H3. The topological polar surface area (TPSA) is 53.4 Å². The summed E-state index contributed by atoms with van der Waals surface area (Å²) in [5, 5.41) is 4.53. The van der Waals surface area contributed by atoms with Gasteiger partial charge < -0.3 is 9.47 Å². The maximum Gasteiger partial charge on any atom is 0.310 e. The van der Waals surface area contributed by atoms with E-state index in [1.54, 1.807) is 0 Å². The van der Waals surface area contributed by atoms with Crippen molar-refractivity contribution in [2.45, 2.75) is 40.7 Å². The van der Waals surface area contributed by atoms with Crippen LogP contribution in [0.2, 0.25) is 0 Å². The number of benzene rings is 1. The van der Waals surface area contributed by atoms with E-state index >= 15 is 0 Å². The van der Waals surface area contributed by atoms with E-state index in [0.29, 0.717) is 12.5 Å². The van der Waals surface area contributed by atoms with Gasteiger partial charge in [-0.2, -0.15) is 5.10 Å². The molecule has 0 N–H and O–H groups in total. The van der Waals surface area contributed by atoms with Gasteiger partial charge in [-0.15, -0.1) is 0 Å². The molecule has 5 nitrogen and oxygen atoms in total. The zero-order valence-electron chi connectivity index (χ0n) is 15.2. The van der Waals surface area contributed by atoms with Crippen molar-refractivity contribution >= 4 is 21.9 Å². The lowest BCUT2D eigenvalue weighted by Gasteiger charge is -2.09. The van der Waals surface area contributed by atoms with E-state index in [-0.39, 0.29) is 19.0 Å². The number of esters is 1. The van der Waals surface area contributed by atoms with Crippen molar-refractivity contribution in [3.63, 3.8) is 0 Å². The molecule has 6 heteroatoms. The molecule has 0 bridgehead atoms. The van der Waals surface area contributed by atoms with E-state index < -0.39 is 0 Å². The van der Waals surface area contributed by atoms with Crippen LogP contribution in [0.25, 0.3) is 0 Å². The Hall–Kier alpha value is -1.82. The predicted octanol–water partition coefficient (Wildman–Crippen LogP) is 4.08. The van der Waals surface area contributed by atoms with Gasteiger partial charge in [0.2, 0.25) is 0 Å². The van der Waals surface area contributed by atoms with Crippen molar-refractivity contribution in [2.75, 3.05) is 13.2 Å². The molecule has 2 rings (SSSR count). The van der Waals surface area contributed by atoms with Crippen molar-refractivity contribution in [3.05, 3.63) is 45.7 Å². The van der Waals surface area contributed by atoms with E-state index in [1.807, 2.05) is 42.8 Å². The third-order valence-corrected chi connectivity index (χ3v) is 4.35. The van der Waals surface area contributed by atoms with Crippen LogP contribution in [-0.2, 0) is 22.5 Å². The van der Waals surface area contributed by atoms with E-state index in [4.69, 9.17) is 9.47 Å². The van der Waals surface area contributed by atoms with Crippen molar-refractivity contribution in [3.8, 4) is 5.75 Å². The smallest absolute Gasteiger partial charge is 0.310 e. The Labute approximate surface area is 157 Å². The van der Waals surface area contributed by atoms with E-state index in [0.717, 1.165) is 33.7 Å². The molecule has 0 unspecified atom stereocenters. The summed E-state index contributed by atoms with van der Waals surface area (Å²) in [4.78, 5) is 12.1. The van der Waals surface area contributed by atoms with Gasteiger partial charge in [-0.3, -0.25) is 9.48 Å². The molecule has 0 fully saturated rings. The third kappa shape index (κ3) is 5.88. The summed E-state index contributed by atoms with van der Waals surface area (Å²) in [7, 11) is 0. The average Bonchev–Trinajstić information content (AvgIpc) is 2.80. The van der Waals surface area contributed by atoms with Gasteiger partial charge in [0.15, 0.2) is 0 Å². The van der Waals surface area contributed by atoms with Crippen LogP contribution in [0.3, 0.4) is 0 Å². The zero-order chi connectivity index (χ0) is 18.4. The highest BCUT2D eigenvalue weighted by Gasteiger charge is 2.16. The SMILES string of the molecule is Cc1nn(CC(C)C)c(C)c1CC(=O)OCCOc1ccc(Br)cc1.